The van der Waals surface area contributed by atoms with Gasteiger partial charge in [-0.2, -0.15) is 0 Å². The van der Waals surface area contributed by atoms with Crippen LogP contribution in [0, 0.1) is 0 Å². The molecule has 0 aliphatic carbocycles. The molecule has 0 aromatic heterocycles. The van der Waals surface area contributed by atoms with Crippen LogP contribution in [0.25, 0.3) is 0 Å². The predicted molar refractivity (Wildman–Crippen MR) is 104 cm³/mol. The lowest BCUT2D eigenvalue weighted by Gasteiger charge is -2.25. The molecule has 0 saturated carbocycles. The summed E-state index contributed by atoms with van der Waals surface area (Å²) in [6.07, 6.45) is 1.70. The van der Waals surface area contributed by atoms with Gasteiger partial charge in [0.2, 0.25) is 5.91 Å². The summed E-state index contributed by atoms with van der Waals surface area (Å²) in [5.74, 6) is -0.782. The lowest BCUT2D eigenvalue weighted by Crippen LogP contribution is -2.39. The van der Waals surface area contributed by atoms with Crippen LogP contribution in [0.4, 0.5) is 11.4 Å². The Morgan fingerprint density at radius 2 is 1.89 bits per heavy atom. The molecule has 28 heavy (non-hydrogen) atoms. The first-order chi connectivity index (χ1) is 13.6. The molecule has 0 spiro atoms. The van der Waals surface area contributed by atoms with E-state index in [-0.39, 0.29) is 18.3 Å². The molecule has 0 fully saturated rings. The van der Waals surface area contributed by atoms with Gasteiger partial charge in [-0.1, -0.05) is 25.5 Å². The summed E-state index contributed by atoms with van der Waals surface area (Å²) < 4.78 is 10.4. The van der Waals surface area contributed by atoms with Crippen molar-refractivity contribution in [2.24, 2.45) is 0 Å². The smallest absolute Gasteiger partial charge is 0.338 e. The Kier molecular flexibility index (Phi) is 6.26. The maximum atomic E-state index is 12.3. The highest BCUT2D eigenvalue weighted by atomic mass is 16.5. The molecule has 2 aromatic rings. The monoisotopic (exact) mass is 382 g/mol. The lowest BCUT2D eigenvalue weighted by atomic mass is 10.1. The van der Waals surface area contributed by atoms with E-state index in [0.717, 1.165) is 12.8 Å². The second-order valence-corrected chi connectivity index (χ2v) is 6.43. The van der Waals surface area contributed by atoms with Crippen LogP contribution < -0.4 is 15.4 Å². The molecule has 7 nitrogen and oxygen atoms in total. The number of esters is 2. The normalized spacial score (nSPS) is 15.0. The number of carbonyl (C=O) groups is 3. The zero-order valence-corrected chi connectivity index (χ0v) is 15.6. The highest BCUT2D eigenvalue weighted by molar-refractivity contribution is 5.97. The summed E-state index contributed by atoms with van der Waals surface area (Å²) >= 11 is 0. The Hall–Kier alpha value is -3.35. The molecule has 2 aromatic carbocycles. The molecular weight excluding hydrogens is 360 g/mol. The van der Waals surface area contributed by atoms with Crippen LogP contribution in [0.15, 0.2) is 48.5 Å². The van der Waals surface area contributed by atoms with Gasteiger partial charge in [-0.25, -0.2) is 9.59 Å². The quantitative estimate of drug-likeness (QED) is 0.433. The van der Waals surface area contributed by atoms with Crippen molar-refractivity contribution in [1.82, 2.24) is 0 Å². The molecule has 7 heteroatoms. The Bertz CT molecular complexity index is 863. The number of nitrogens with one attached hydrogen (secondary N) is 2. The molecule has 2 N–H and O–H groups in total. The summed E-state index contributed by atoms with van der Waals surface area (Å²) in [5, 5.41) is 5.73. The fraction of sp³-hybridized carbons (Fsp3) is 0.286. The van der Waals surface area contributed by atoms with Crippen LogP contribution in [0.2, 0.25) is 0 Å². The highest BCUT2D eigenvalue weighted by Gasteiger charge is 2.29. The molecule has 146 valence electrons. The first-order valence-electron chi connectivity index (χ1n) is 9.21. The first kappa shape index (κ1) is 19.4. The van der Waals surface area contributed by atoms with Crippen LogP contribution in [0.1, 0.15) is 36.5 Å². The van der Waals surface area contributed by atoms with Crippen LogP contribution in [-0.2, 0) is 14.3 Å². The van der Waals surface area contributed by atoms with Gasteiger partial charge in [0.25, 0.3) is 0 Å². The van der Waals surface area contributed by atoms with E-state index >= 15 is 0 Å². The van der Waals surface area contributed by atoms with Crippen LogP contribution in [0.5, 0.6) is 5.75 Å². The maximum Gasteiger partial charge on any atom is 0.338 e. The number of amides is 1. The Morgan fingerprint density at radius 3 is 2.64 bits per heavy atom. The minimum atomic E-state index is -0.761. The summed E-state index contributed by atoms with van der Waals surface area (Å²) in [6.45, 7) is 2.41. The number of anilines is 2. The van der Waals surface area contributed by atoms with E-state index < -0.39 is 12.0 Å². The number of hydrogen-bond acceptors (Lipinski definition) is 6. The zero-order valence-electron chi connectivity index (χ0n) is 15.6. The first-order valence-corrected chi connectivity index (χ1v) is 9.21. The molecule has 3 rings (SSSR count). The maximum absolute atomic E-state index is 12.3. The number of para-hydroxylation sites is 2. The van der Waals surface area contributed by atoms with E-state index in [9.17, 15) is 14.4 Å². The number of unbranched alkanes of at least 4 members (excludes halogenated alkanes) is 1. The van der Waals surface area contributed by atoms with Gasteiger partial charge in [0.1, 0.15) is 6.04 Å². The van der Waals surface area contributed by atoms with Crippen molar-refractivity contribution >= 4 is 29.2 Å². The number of benzene rings is 2. The summed E-state index contributed by atoms with van der Waals surface area (Å²) in [5.41, 5.74) is 1.62. The van der Waals surface area contributed by atoms with Gasteiger partial charge in [-0.3, -0.25) is 4.79 Å². The predicted octanol–water partition coefficient (Wildman–Crippen LogP) is 3.37. The standard InChI is InChI=1S/C21H22N2O5/c1-2-3-12-27-20(25)14-8-10-15(11-9-14)22-19(24)13-17-21(26)28-18-7-5-4-6-16(18)23-17/h4-11,17,23H,2-3,12-13H2,1H3,(H,22,24)/t17-/m0/s1. The molecule has 1 atom stereocenters. The van der Waals surface area contributed by atoms with Crippen molar-refractivity contribution in [3.8, 4) is 5.75 Å². The van der Waals surface area contributed by atoms with Gasteiger partial charge in [0.05, 0.1) is 24.3 Å². The number of carbonyl (C=O) groups excluding carboxylic acids is 3. The van der Waals surface area contributed by atoms with Gasteiger partial charge in [-0.05, 0) is 42.8 Å². The van der Waals surface area contributed by atoms with Gasteiger partial charge in [0.15, 0.2) is 5.75 Å². The van der Waals surface area contributed by atoms with Crippen molar-refractivity contribution in [2.75, 3.05) is 17.2 Å². The molecule has 1 aliphatic heterocycles. The van der Waals surface area contributed by atoms with Crippen LogP contribution in [-0.4, -0.2) is 30.5 Å². The largest absolute Gasteiger partial charge is 0.462 e. The average Bonchev–Trinajstić information content (AvgIpc) is 2.69. The number of fused-ring (bicyclic) bond motifs is 1. The SMILES string of the molecule is CCCCOC(=O)c1ccc(NC(=O)C[C@@H]2Nc3ccccc3OC2=O)cc1. The minimum absolute atomic E-state index is 0.0754. The topological polar surface area (TPSA) is 93.7 Å². The van der Waals surface area contributed by atoms with Crippen molar-refractivity contribution in [3.63, 3.8) is 0 Å². The van der Waals surface area contributed by atoms with Gasteiger partial charge < -0.3 is 20.1 Å². The molecule has 0 unspecified atom stereocenters. The highest BCUT2D eigenvalue weighted by Crippen LogP contribution is 2.29. The van der Waals surface area contributed by atoms with E-state index in [1.165, 1.54) is 0 Å². The summed E-state index contributed by atoms with van der Waals surface area (Å²) in [4.78, 5) is 36.2. The summed E-state index contributed by atoms with van der Waals surface area (Å²) in [7, 11) is 0. The van der Waals surface area contributed by atoms with Crippen molar-refractivity contribution in [2.45, 2.75) is 32.2 Å². The zero-order chi connectivity index (χ0) is 19.9. The molecule has 0 radical (unpaired) electrons. The molecular formula is C21H22N2O5. The second-order valence-electron chi connectivity index (χ2n) is 6.43. The lowest BCUT2D eigenvalue weighted by molar-refractivity contribution is -0.137. The van der Waals surface area contributed by atoms with E-state index in [0.29, 0.717) is 29.3 Å². The number of hydrogen-bond donors (Lipinski definition) is 2. The summed E-state index contributed by atoms with van der Waals surface area (Å²) in [6, 6.07) is 12.7. The van der Waals surface area contributed by atoms with E-state index in [4.69, 9.17) is 9.47 Å². The van der Waals surface area contributed by atoms with E-state index in [2.05, 4.69) is 10.6 Å². The van der Waals surface area contributed by atoms with Crippen molar-refractivity contribution < 1.29 is 23.9 Å². The van der Waals surface area contributed by atoms with Gasteiger partial charge in [0, 0.05) is 5.69 Å². The van der Waals surface area contributed by atoms with Crippen LogP contribution >= 0.6 is 0 Å². The van der Waals surface area contributed by atoms with Gasteiger partial charge >= 0.3 is 11.9 Å². The third-order valence-corrected chi connectivity index (χ3v) is 4.24. The van der Waals surface area contributed by atoms with Crippen molar-refractivity contribution in [1.29, 1.82) is 0 Å². The Labute approximate surface area is 163 Å². The third-order valence-electron chi connectivity index (χ3n) is 4.24. The average molecular weight is 382 g/mol. The number of ether oxygens (including phenoxy) is 2. The fourth-order valence-electron chi connectivity index (χ4n) is 2.71. The van der Waals surface area contributed by atoms with E-state index in [1.54, 1.807) is 42.5 Å². The Balaban J connectivity index is 1.54. The molecule has 1 heterocycles. The van der Waals surface area contributed by atoms with Crippen molar-refractivity contribution in [3.05, 3.63) is 54.1 Å². The Morgan fingerprint density at radius 1 is 1.14 bits per heavy atom. The molecule has 1 amide bonds. The molecule has 0 saturated heterocycles. The van der Waals surface area contributed by atoms with E-state index in [1.807, 2.05) is 13.0 Å². The third kappa shape index (κ3) is 4.88. The number of rotatable bonds is 7. The minimum Gasteiger partial charge on any atom is -0.462 e. The van der Waals surface area contributed by atoms with Crippen LogP contribution in [0.3, 0.4) is 0 Å². The molecule has 0 bridgehead atoms. The fourth-order valence-corrected chi connectivity index (χ4v) is 2.71. The van der Waals surface area contributed by atoms with Gasteiger partial charge in [-0.15, -0.1) is 0 Å². The second kappa shape index (κ2) is 9.03. The molecule has 1 aliphatic rings.